The van der Waals surface area contributed by atoms with E-state index in [0.29, 0.717) is 11.6 Å². The van der Waals surface area contributed by atoms with Gasteiger partial charge in [0.1, 0.15) is 5.69 Å². The van der Waals surface area contributed by atoms with Gasteiger partial charge in [0.15, 0.2) is 0 Å². The van der Waals surface area contributed by atoms with Crippen LogP contribution in [0, 0.1) is 0 Å². The number of hydrogen-bond donors (Lipinski definition) is 1. The number of benzene rings is 1. The molecule has 2 heterocycles. The molecule has 1 aromatic carbocycles. The number of hydrogen-bond acceptors (Lipinski definition) is 4. The molecule has 3 aromatic rings. The lowest BCUT2D eigenvalue weighted by molar-refractivity contribution is 0.0969. The highest BCUT2D eigenvalue weighted by Crippen LogP contribution is 2.17. The van der Waals surface area contributed by atoms with Gasteiger partial charge in [-0.1, -0.05) is 18.2 Å². The van der Waals surface area contributed by atoms with Crippen LogP contribution in [0.2, 0.25) is 0 Å². The van der Waals surface area contributed by atoms with Crippen LogP contribution in [0.4, 0.5) is 5.95 Å². The highest BCUT2D eigenvalue weighted by atomic mass is 16.1. The van der Waals surface area contributed by atoms with Crippen LogP contribution in [0.3, 0.4) is 0 Å². The molecule has 0 aliphatic rings. The molecule has 0 saturated carbocycles. The second-order valence-corrected chi connectivity index (χ2v) is 4.18. The lowest BCUT2D eigenvalue weighted by Crippen LogP contribution is -2.13. The standard InChI is InChI=1S/C14H12N4O/c15-14-17-10-5-1-2-7-12(10)18(14)9-13(19)11-6-3-4-8-16-11/h1-8H,9H2,(H2,15,17). The van der Waals surface area contributed by atoms with E-state index in [2.05, 4.69) is 9.97 Å². The Bertz CT molecular complexity index is 734. The molecule has 0 aliphatic heterocycles. The summed E-state index contributed by atoms with van der Waals surface area (Å²) in [6.07, 6.45) is 1.60. The first-order valence-electron chi connectivity index (χ1n) is 5.90. The van der Waals surface area contributed by atoms with Gasteiger partial charge >= 0.3 is 0 Å². The van der Waals surface area contributed by atoms with Crippen molar-refractivity contribution in [2.45, 2.75) is 6.54 Å². The number of pyridine rings is 1. The van der Waals surface area contributed by atoms with Crippen LogP contribution in [0.15, 0.2) is 48.7 Å². The number of anilines is 1. The van der Waals surface area contributed by atoms with E-state index in [1.54, 1.807) is 29.0 Å². The SMILES string of the molecule is Nc1nc2ccccc2n1CC(=O)c1ccccn1. The molecule has 2 N–H and O–H groups in total. The lowest BCUT2D eigenvalue weighted by atomic mass is 10.2. The van der Waals surface area contributed by atoms with Crippen LogP contribution in [-0.2, 0) is 6.54 Å². The van der Waals surface area contributed by atoms with Gasteiger partial charge in [-0.15, -0.1) is 0 Å². The van der Waals surface area contributed by atoms with E-state index in [1.807, 2.05) is 24.3 Å². The number of carbonyl (C=O) groups excluding carboxylic acids is 1. The van der Waals surface area contributed by atoms with Crippen molar-refractivity contribution in [2.75, 3.05) is 5.73 Å². The highest BCUT2D eigenvalue weighted by molar-refractivity contribution is 5.95. The summed E-state index contributed by atoms with van der Waals surface area (Å²) in [6, 6.07) is 12.8. The number of para-hydroxylation sites is 2. The Kier molecular flexibility index (Phi) is 2.72. The van der Waals surface area contributed by atoms with Crippen LogP contribution < -0.4 is 5.73 Å². The van der Waals surface area contributed by atoms with Gasteiger partial charge in [-0.3, -0.25) is 9.78 Å². The summed E-state index contributed by atoms with van der Waals surface area (Å²) >= 11 is 0. The Labute approximate surface area is 109 Å². The zero-order valence-electron chi connectivity index (χ0n) is 10.2. The molecule has 0 amide bonds. The van der Waals surface area contributed by atoms with Crippen molar-refractivity contribution >= 4 is 22.8 Å². The van der Waals surface area contributed by atoms with Crippen LogP contribution >= 0.6 is 0 Å². The van der Waals surface area contributed by atoms with Gasteiger partial charge in [-0.25, -0.2) is 4.98 Å². The summed E-state index contributed by atoms with van der Waals surface area (Å²) in [5.74, 6) is 0.251. The molecule has 94 valence electrons. The van der Waals surface area contributed by atoms with Crippen LogP contribution in [0.25, 0.3) is 11.0 Å². The fourth-order valence-corrected chi connectivity index (χ4v) is 2.01. The molecule has 0 saturated heterocycles. The second kappa shape index (κ2) is 4.53. The Morgan fingerprint density at radius 2 is 1.95 bits per heavy atom. The highest BCUT2D eigenvalue weighted by Gasteiger charge is 2.13. The Balaban J connectivity index is 1.98. The maximum Gasteiger partial charge on any atom is 0.201 e. The molecule has 0 atom stereocenters. The molecular weight excluding hydrogens is 240 g/mol. The number of nitrogens with two attached hydrogens (primary N) is 1. The molecule has 0 radical (unpaired) electrons. The third-order valence-corrected chi connectivity index (χ3v) is 2.94. The lowest BCUT2D eigenvalue weighted by Gasteiger charge is -2.05. The van der Waals surface area contributed by atoms with E-state index in [9.17, 15) is 4.79 Å². The Hall–Kier alpha value is -2.69. The van der Waals surface area contributed by atoms with Crippen molar-refractivity contribution in [1.29, 1.82) is 0 Å². The van der Waals surface area contributed by atoms with Gasteiger partial charge < -0.3 is 10.3 Å². The fourth-order valence-electron chi connectivity index (χ4n) is 2.01. The van der Waals surface area contributed by atoms with Gasteiger partial charge in [-0.2, -0.15) is 0 Å². The summed E-state index contributed by atoms with van der Waals surface area (Å²) in [7, 11) is 0. The van der Waals surface area contributed by atoms with Crippen molar-refractivity contribution < 1.29 is 4.79 Å². The number of nitrogen functional groups attached to an aromatic ring is 1. The van der Waals surface area contributed by atoms with E-state index < -0.39 is 0 Å². The minimum atomic E-state index is -0.0875. The van der Waals surface area contributed by atoms with Crippen LogP contribution in [-0.4, -0.2) is 20.3 Å². The Morgan fingerprint density at radius 1 is 1.16 bits per heavy atom. The zero-order valence-corrected chi connectivity index (χ0v) is 10.2. The molecule has 5 nitrogen and oxygen atoms in total. The molecule has 0 bridgehead atoms. The number of carbonyl (C=O) groups is 1. The maximum atomic E-state index is 12.1. The van der Waals surface area contributed by atoms with E-state index in [4.69, 9.17) is 5.73 Å². The van der Waals surface area contributed by atoms with Crippen LogP contribution in [0.5, 0.6) is 0 Å². The topological polar surface area (TPSA) is 73.8 Å². The third-order valence-electron chi connectivity index (χ3n) is 2.94. The monoisotopic (exact) mass is 252 g/mol. The largest absolute Gasteiger partial charge is 0.369 e. The quantitative estimate of drug-likeness (QED) is 0.722. The molecule has 0 spiro atoms. The number of rotatable bonds is 3. The van der Waals surface area contributed by atoms with Crippen LogP contribution in [0.1, 0.15) is 10.5 Å². The predicted molar refractivity (Wildman–Crippen MR) is 72.7 cm³/mol. The van der Waals surface area contributed by atoms with Gasteiger partial charge in [0.25, 0.3) is 0 Å². The van der Waals surface area contributed by atoms with Gasteiger partial charge in [0.05, 0.1) is 17.6 Å². The molecule has 0 unspecified atom stereocenters. The predicted octanol–water partition coefficient (Wildman–Crippen LogP) is 1.90. The fraction of sp³-hybridized carbons (Fsp3) is 0.0714. The first-order chi connectivity index (χ1) is 9.25. The molecule has 3 rings (SSSR count). The smallest absolute Gasteiger partial charge is 0.201 e. The van der Waals surface area contributed by atoms with Gasteiger partial charge in [-0.05, 0) is 24.3 Å². The summed E-state index contributed by atoms with van der Waals surface area (Å²) < 4.78 is 1.70. The van der Waals surface area contributed by atoms with E-state index >= 15 is 0 Å². The van der Waals surface area contributed by atoms with Crippen molar-refractivity contribution in [3.63, 3.8) is 0 Å². The molecular formula is C14H12N4O. The number of Topliss-reactive ketones (excluding diaryl/α,β-unsaturated/α-hetero) is 1. The van der Waals surface area contributed by atoms with Crippen molar-refractivity contribution in [2.24, 2.45) is 0 Å². The first-order valence-corrected chi connectivity index (χ1v) is 5.90. The number of nitrogens with zero attached hydrogens (tertiary/aromatic N) is 3. The number of aromatic nitrogens is 3. The average molecular weight is 252 g/mol. The summed E-state index contributed by atoms with van der Waals surface area (Å²) in [4.78, 5) is 20.4. The summed E-state index contributed by atoms with van der Waals surface area (Å²) in [5, 5.41) is 0. The number of fused-ring (bicyclic) bond motifs is 1. The van der Waals surface area contributed by atoms with E-state index in [1.165, 1.54) is 0 Å². The first kappa shape index (κ1) is 11.4. The van der Waals surface area contributed by atoms with E-state index in [0.717, 1.165) is 11.0 Å². The molecule has 2 aromatic heterocycles. The minimum Gasteiger partial charge on any atom is -0.369 e. The maximum absolute atomic E-state index is 12.1. The molecule has 5 heteroatoms. The molecule has 0 aliphatic carbocycles. The zero-order chi connectivity index (χ0) is 13.2. The van der Waals surface area contributed by atoms with Crippen molar-refractivity contribution in [1.82, 2.24) is 14.5 Å². The normalized spacial score (nSPS) is 10.7. The second-order valence-electron chi connectivity index (χ2n) is 4.18. The Morgan fingerprint density at radius 3 is 2.74 bits per heavy atom. The molecule has 0 fully saturated rings. The van der Waals surface area contributed by atoms with Crippen molar-refractivity contribution in [3.8, 4) is 0 Å². The summed E-state index contributed by atoms with van der Waals surface area (Å²) in [6.45, 7) is 0.142. The summed E-state index contributed by atoms with van der Waals surface area (Å²) in [5.41, 5.74) is 7.93. The van der Waals surface area contributed by atoms with Gasteiger partial charge in [0, 0.05) is 6.20 Å². The van der Waals surface area contributed by atoms with Gasteiger partial charge in [0.2, 0.25) is 11.7 Å². The van der Waals surface area contributed by atoms with E-state index in [-0.39, 0.29) is 12.3 Å². The number of ketones is 1. The number of imidazole rings is 1. The third kappa shape index (κ3) is 2.06. The minimum absolute atomic E-state index is 0.0875. The average Bonchev–Trinajstić information content (AvgIpc) is 2.76. The molecule has 19 heavy (non-hydrogen) atoms. The van der Waals surface area contributed by atoms with Crippen molar-refractivity contribution in [3.05, 3.63) is 54.4 Å².